The Balaban J connectivity index is 1.92. The van der Waals surface area contributed by atoms with Gasteiger partial charge >= 0.3 is 5.97 Å². The van der Waals surface area contributed by atoms with Gasteiger partial charge in [-0.05, 0) is 58.7 Å². The molecular formula is C30H32O8. The minimum absolute atomic E-state index is 0.121. The lowest BCUT2D eigenvalue weighted by atomic mass is 10.0. The van der Waals surface area contributed by atoms with Crippen molar-refractivity contribution in [1.82, 2.24) is 0 Å². The Hall–Kier alpha value is -4.27. The first-order chi connectivity index (χ1) is 18.5. The largest absolute Gasteiger partial charge is 0.493 e. The zero-order valence-corrected chi connectivity index (χ0v) is 22.2. The highest BCUT2D eigenvalue weighted by Crippen LogP contribution is 2.30. The molecule has 200 valence electrons. The molecule has 0 atom stereocenters. The fourth-order valence-electron chi connectivity index (χ4n) is 3.55. The van der Waals surface area contributed by atoms with Gasteiger partial charge in [-0.25, -0.2) is 4.79 Å². The van der Waals surface area contributed by atoms with Gasteiger partial charge in [0.25, 0.3) is 0 Å². The van der Waals surface area contributed by atoms with Crippen LogP contribution < -0.4 is 18.9 Å². The van der Waals surface area contributed by atoms with Gasteiger partial charge in [-0.1, -0.05) is 42.5 Å². The van der Waals surface area contributed by atoms with Gasteiger partial charge in [-0.3, -0.25) is 0 Å². The summed E-state index contributed by atoms with van der Waals surface area (Å²) in [7, 11) is 7.64. The Morgan fingerprint density at radius 1 is 0.605 bits per heavy atom. The van der Waals surface area contributed by atoms with Crippen LogP contribution in [0.25, 0.3) is 24.3 Å². The van der Waals surface area contributed by atoms with Crippen molar-refractivity contribution >= 4 is 30.3 Å². The molecule has 0 N–H and O–H groups in total. The number of hydrogen-bond donors (Lipinski definition) is 0. The second kappa shape index (κ2) is 14.5. The molecular weight excluding hydrogens is 488 g/mol. The topological polar surface area (TPSA) is 81.7 Å². The number of carbonyl (C=O) groups excluding carboxylic acids is 1. The molecule has 0 spiro atoms. The first-order valence-corrected chi connectivity index (χ1v) is 11.7. The van der Waals surface area contributed by atoms with Crippen molar-refractivity contribution in [1.29, 1.82) is 0 Å². The molecule has 0 radical (unpaired) electrons. The van der Waals surface area contributed by atoms with Crippen molar-refractivity contribution in [3.63, 3.8) is 0 Å². The van der Waals surface area contributed by atoms with E-state index in [2.05, 4.69) is 0 Å². The molecule has 0 saturated carbocycles. The van der Waals surface area contributed by atoms with Gasteiger partial charge in [0.1, 0.15) is 0 Å². The number of methoxy groups -OCH3 is 5. The zero-order chi connectivity index (χ0) is 27.3. The Morgan fingerprint density at radius 3 is 1.61 bits per heavy atom. The van der Waals surface area contributed by atoms with E-state index in [4.69, 9.17) is 33.2 Å². The fourth-order valence-corrected chi connectivity index (χ4v) is 3.55. The summed E-state index contributed by atoms with van der Waals surface area (Å²) in [6.07, 6.45) is 7.78. The maximum absolute atomic E-state index is 12.2. The van der Waals surface area contributed by atoms with Crippen LogP contribution in [0.3, 0.4) is 0 Å². The summed E-state index contributed by atoms with van der Waals surface area (Å²) in [5, 5.41) is 0. The molecule has 8 nitrogen and oxygen atoms in total. The average Bonchev–Trinajstić information content (AvgIpc) is 2.96. The summed E-state index contributed by atoms with van der Waals surface area (Å²) in [5.74, 6) is 1.94. The van der Waals surface area contributed by atoms with Crippen molar-refractivity contribution in [2.45, 2.75) is 0 Å². The van der Waals surface area contributed by atoms with Crippen LogP contribution >= 0.6 is 0 Å². The monoisotopic (exact) mass is 520 g/mol. The molecule has 8 heteroatoms. The number of rotatable bonds is 13. The third-order valence-corrected chi connectivity index (χ3v) is 5.46. The quantitative estimate of drug-likeness (QED) is 0.159. The Kier molecular flexibility index (Phi) is 10.8. The van der Waals surface area contributed by atoms with E-state index in [9.17, 15) is 4.79 Å². The Labute approximate surface area is 223 Å². The second-order valence-corrected chi connectivity index (χ2v) is 7.92. The first kappa shape index (κ1) is 28.3. The molecule has 0 unspecified atom stereocenters. The average molecular weight is 521 g/mol. The van der Waals surface area contributed by atoms with Crippen LogP contribution in [0.1, 0.15) is 32.6 Å². The van der Waals surface area contributed by atoms with E-state index < -0.39 is 5.97 Å². The Bertz CT molecular complexity index is 1280. The van der Waals surface area contributed by atoms with Gasteiger partial charge in [-0.15, -0.1) is 0 Å². The van der Waals surface area contributed by atoms with Crippen LogP contribution in [0.15, 0.2) is 54.6 Å². The normalized spacial score (nSPS) is 11.1. The summed E-state index contributed by atoms with van der Waals surface area (Å²) >= 11 is 0. The minimum Gasteiger partial charge on any atom is -0.493 e. The van der Waals surface area contributed by atoms with E-state index in [-0.39, 0.29) is 13.6 Å². The lowest BCUT2D eigenvalue weighted by Crippen LogP contribution is -2.01. The molecule has 3 aromatic carbocycles. The molecule has 3 rings (SSSR count). The van der Waals surface area contributed by atoms with Gasteiger partial charge in [0, 0.05) is 14.2 Å². The molecule has 0 aromatic heterocycles. The van der Waals surface area contributed by atoms with Crippen molar-refractivity contribution in [3.05, 3.63) is 82.4 Å². The molecule has 0 aliphatic heterocycles. The van der Waals surface area contributed by atoms with E-state index in [1.54, 1.807) is 40.6 Å². The molecule has 0 aliphatic rings. The van der Waals surface area contributed by atoms with Gasteiger partial charge in [0.05, 0.1) is 26.9 Å². The smallest absolute Gasteiger partial charge is 0.337 e. The van der Waals surface area contributed by atoms with Crippen LogP contribution in [0, 0.1) is 0 Å². The maximum Gasteiger partial charge on any atom is 0.337 e. The highest BCUT2D eigenvalue weighted by molar-refractivity contribution is 5.92. The second-order valence-electron chi connectivity index (χ2n) is 7.92. The zero-order valence-electron chi connectivity index (χ0n) is 22.2. The van der Waals surface area contributed by atoms with Gasteiger partial charge in [0.2, 0.25) is 0 Å². The number of benzene rings is 3. The lowest BCUT2D eigenvalue weighted by Gasteiger charge is -2.11. The van der Waals surface area contributed by atoms with E-state index in [1.807, 2.05) is 66.8 Å². The molecule has 0 saturated heterocycles. The number of hydrogen-bond acceptors (Lipinski definition) is 8. The van der Waals surface area contributed by atoms with Gasteiger partial charge in [0.15, 0.2) is 36.6 Å². The molecule has 0 bridgehead atoms. The number of esters is 1. The molecule has 0 amide bonds. The van der Waals surface area contributed by atoms with Crippen LogP contribution in [0.5, 0.6) is 23.0 Å². The summed E-state index contributed by atoms with van der Waals surface area (Å²) in [4.78, 5) is 12.2. The van der Waals surface area contributed by atoms with Crippen LogP contribution in [0.2, 0.25) is 0 Å². The number of carbonyl (C=O) groups is 1. The maximum atomic E-state index is 12.2. The highest BCUT2D eigenvalue weighted by Gasteiger charge is 2.09. The summed E-state index contributed by atoms with van der Waals surface area (Å²) < 4.78 is 36.8. The third-order valence-electron chi connectivity index (χ3n) is 5.46. The SMILES string of the molecule is COCOc1ccc(/C=C/c2ccc(C(=O)OC)cc2/C=C/c2ccc(OCOC)c(OC)c2)cc1OC. The fraction of sp³-hybridized carbons (Fsp3) is 0.233. The predicted octanol–water partition coefficient (Wildman–Crippen LogP) is 5.80. The minimum atomic E-state index is -0.409. The predicted molar refractivity (Wildman–Crippen MR) is 147 cm³/mol. The molecule has 38 heavy (non-hydrogen) atoms. The van der Waals surface area contributed by atoms with Crippen molar-refractivity contribution in [2.24, 2.45) is 0 Å². The number of ether oxygens (including phenoxy) is 7. The molecule has 0 fully saturated rings. The summed E-state index contributed by atoms with van der Waals surface area (Å²) in [6.45, 7) is 0.249. The third kappa shape index (κ3) is 7.61. The lowest BCUT2D eigenvalue weighted by molar-refractivity contribution is 0.0490. The van der Waals surface area contributed by atoms with Crippen molar-refractivity contribution in [3.8, 4) is 23.0 Å². The van der Waals surface area contributed by atoms with Crippen LogP contribution in [0.4, 0.5) is 0 Å². The standard InChI is InChI=1S/C30H32O8/c1-32-19-37-26-14-8-21(16-28(26)34-3)6-10-23-12-13-25(30(31)36-5)18-24(23)11-7-22-9-15-27(38-20-33-2)29(17-22)35-4/h6-18H,19-20H2,1-5H3/b10-6+,11-7+. The van der Waals surface area contributed by atoms with Gasteiger partial charge < -0.3 is 33.2 Å². The van der Waals surface area contributed by atoms with Crippen LogP contribution in [-0.2, 0) is 14.2 Å². The highest BCUT2D eigenvalue weighted by atomic mass is 16.7. The van der Waals surface area contributed by atoms with E-state index in [0.717, 1.165) is 22.3 Å². The summed E-state index contributed by atoms with van der Waals surface area (Å²) in [5.41, 5.74) is 3.98. The van der Waals surface area contributed by atoms with E-state index in [0.29, 0.717) is 28.6 Å². The van der Waals surface area contributed by atoms with Crippen molar-refractivity contribution in [2.75, 3.05) is 49.1 Å². The first-order valence-electron chi connectivity index (χ1n) is 11.7. The van der Waals surface area contributed by atoms with Crippen LogP contribution in [-0.4, -0.2) is 55.1 Å². The molecule has 0 aliphatic carbocycles. The summed E-state index contributed by atoms with van der Waals surface area (Å²) in [6, 6.07) is 16.6. The van der Waals surface area contributed by atoms with E-state index >= 15 is 0 Å². The molecule has 3 aromatic rings. The van der Waals surface area contributed by atoms with Crippen molar-refractivity contribution < 1.29 is 38.0 Å². The Morgan fingerprint density at radius 2 is 1.13 bits per heavy atom. The molecule has 0 heterocycles. The van der Waals surface area contributed by atoms with Gasteiger partial charge in [-0.2, -0.15) is 0 Å². The van der Waals surface area contributed by atoms with E-state index in [1.165, 1.54) is 7.11 Å².